The number of piperidine rings is 1. The highest BCUT2D eigenvalue weighted by Gasteiger charge is 2.42. The van der Waals surface area contributed by atoms with E-state index in [0.717, 1.165) is 12.9 Å². The number of aldehydes is 1. The van der Waals surface area contributed by atoms with E-state index in [4.69, 9.17) is 4.84 Å². The first-order valence-electron chi connectivity index (χ1n) is 8.31. The van der Waals surface area contributed by atoms with Gasteiger partial charge in [0.25, 0.3) is 0 Å². The summed E-state index contributed by atoms with van der Waals surface area (Å²) in [6.45, 7) is 14.1. The maximum atomic E-state index is 9.32. The second-order valence-electron chi connectivity index (χ2n) is 6.97. The van der Waals surface area contributed by atoms with Gasteiger partial charge in [0.05, 0.1) is 6.61 Å². The van der Waals surface area contributed by atoms with Crippen LogP contribution in [0.5, 0.6) is 0 Å². The molecule has 0 amide bonds. The van der Waals surface area contributed by atoms with Gasteiger partial charge in [-0.1, -0.05) is 25.8 Å². The van der Waals surface area contributed by atoms with Crippen LogP contribution < -0.4 is 0 Å². The van der Waals surface area contributed by atoms with Crippen molar-refractivity contribution in [2.24, 2.45) is 0 Å². The van der Waals surface area contributed by atoms with E-state index < -0.39 is 0 Å². The Morgan fingerprint density at radius 1 is 1.10 bits per heavy atom. The molecule has 0 aliphatic carbocycles. The molecular weight excluding hydrogens is 262 g/mol. The van der Waals surface area contributed by atoms with E-state index >= 15 is 0 Å². The fourth-order valence-electron chi connectivity index (χ4n) is 2.91. The molecule has 0 saturated carbocycles. The van der Waals surface area contributed by atoms with Crippen molar-refractivity contribution in [2.75, 3.05) is 6.61 Å². The van der Waals surface area contributed by atoms with Crippen molar-refractivity contribution in [3.05, 3.63) is 12.2 Å². The Balaban J connectivity index is 0.000000690. The molecule has 0 N–H and O–H groups in total. The molecule has 0 aromatic rings. The standard InChI is InChI=1S/C14H29NO.C4H6O/c1-6-7-8-12-16-15-13(2,3)10-9-11-14(15,4)5;1-2-3-4-5/h6-12H2,1-5H3;2-4H,1H3. The van der Waals surface area contributed by atoms with E-state index in [1.165, 1.54) is 44.6 Å². The van der Waals surface area contributed by atoms with Crippen LogP contribution in [0.4, 0.5) is 0 Å². The second kappa shape index (κ2) is 10.1. The molecule has 3 heteroatoms. The third kappa shape index (κ3) is 7.77. The van der Waals surface area contributed by atoms with Gasteiger partial charge in [-0.25, -0.2) is 0 Å². The summed E-state index contributed by atoms with van der Waals surface area (Å²) in [5.41, 5.74) is 0.377. The lowest BCUT2D eigenvalue weighted by Gasteiger charge is -2.51. The van der Waals surface area contributed by atoms with Gasteiger partial charge in [-0.2, -0.15) is 5.06 Å². The molecule has 1 aliphatic heterocycles. The molecule has 124 valence electrons. The highest BCUT2D eigenvalue weighted by molar-refractivity contribution is 5.64. The van der Waals surface area contributed by atoms with Crippen molar-refractivity contribution in [3.8, 4) is 0 Å². The molecule has 0 radical (unpaired) electrons. The first kappa shape index (κ1) is 20.3. The maximum Gasteiger partial charge on any atom is 0.142 e. The van der Waals surface area contributed by atoms with E-state index in [9.17, 15) is 4.79 Å². The first-order chi connectivity index (χ1) is 9.81. The summed E-state index contributed by atoms with van der Waals surface area (Å²) in [7, 11) is 0. The van der Waals surface area contributed by atoms with Crippen LogP contribution in [0.3, 0.4) is 0 Å². The first-order valence-corrected chi connectivity index (χ1v) is 8.31. The highest BCUT2D eigenvalue weighted by atomic mass is 16.7. The molecule has 1 fully saturated rings. The fourth-order valence-corrected chi connectivity index (χ4v) is 2.91. The second-order valence-corrected chi connectivity index (χ2v) is 6.97. The van der Waals surface area contributed by atoms with Crippen molar-refractivity contribution < 1.29 is 9.63 Å². The molecule has 1 aliphatic rings. The number of carbonyl (C=O) groups excluding carboxylic acids is 1. The van der Waals surface area contributed by atoms with Gasteiger partial charge >= 0.3 is 0 Å². The number of hydrogen-bond acceptors (Lipinski definition) is 3. The third-order valence-electron chi connectivity index (χ3n) is 3.92. The summed E-state index contributed by atoms with van der Waals surface area (Å²) in [5.74, 6) is 0. The minimum absolute atomic E-state index is 0.188. The Hall–Kier alpha value is -0.670. The lowest BCUT2D eigenvalue weighted by Crippen LogP contribution is -2.58. The minimum Gasteiger partial charge on any atom is -0.299 e. The summed E-state index contributed by atoms with van der Waals surface area (Å²) in [6.07, 6.45) is 11.4. The predicted molar refractivity (Wildman–Crippen MR) is 90.2 cm³/mol. The normalized spacial score (nSPS) is 20.9. The Morgan fingerprint density at radius 2 is 1.67 bits per heavy atom. The summed E-state index contributed by atoms with van der Waals surface area (Å²) in [6, 6.07) is 0. The van der Waals surface area contributed by atoms with Gasteiger partial charge in [0.2, 0.25) is 0 Å². The largest absolute Gasteiger partial charge is 0.299 e. The molecule has 0 atom stereocenters. The van der Waals surface area contributed by atoms with Crippen molar-refractivity contribution in [1.29, 1.82) is 0 Å². The van der Waals surface area contributed by atoms with Gasteiger partial charge < -0.3 is 0 Å². The number of nitrogens with zero attached hydrogens (tertiary/aromatic N) is 1. The van der Waals surface area contributed by atoms with Crippen LogP contribution in [0.1, 0.15) is 80.1 Å². The Labute approximate surface area is 131 Å². The molecule has 1 rings (SSSR count). The SMILES string of the molecule is CC=CC=O.CCCCCON1C(C)(C)CCCC1(C)C. The van der Waals surface area contributed by atoms with Crippen LogP contribution in [0.25, 0.3) is 0 Å². The van der Waals surface area contributed by atoms with Crippen molar-refractivity contribution in [2.45, 2.75) is 91.1 Å². The van der Waals surface area contributed by atoms with Gasteiger partial charge in [-0.05, 0) is 66.4 Å². The Morgan fingerprint density at radius 3 is 2.05 bits per heavy atom. The van der Waals surface area contributed by atoms with Crippen molar-refractivity contribution in [3.63, 3.8) is 0 Å². The van der Waals surface area contributed by atoms with E-state index in [2.05, 4.69) is 39.7 Å². The summed E-state index contributed by atoms with van der Waals surface area (Å²) >= 11 is 0. The van der Waals surface area contributed by atoms with Crippen LogP contribution >= 0.6 is 0 Å². The van der Waals surface area contributed by atoms with Gasteiger partial charge in [0.1, 0.15) is 6.29 Å². The average Bonchev–Trinajstić information content (AvgIpc) is 2.38. The zero-order valence-corrected chi connectivity index (χ0v) is 14.9. The van der Waals surface area contributed by atoms with Gasteiger partial charge in [-0.3, -0.25) is 9.63 Å². The van der Waals surface area contributed by atoms with Crippen LogP contribution in [-0.2, 0) is 9.63 Å². The van der Waals surface area contributed by atoms with Crippen LogP contribution in [0.15, 0.2) is 12.2 Å². The summed E-state index contributed by atoms with van der Waals surface area (Å²) in [5, 5.41) is 2.26. The molecular formula is C18H35NO2. The maximum absolute atomic E-state index is 9.32. The van der Waals surface area contributed by atoms with Crippen molar-refractivity contribution in [1.82, 2.24) is 5.06 Å². The lowest BCUT2D eigenvalue weighted by atomic mass is 9.82. The molecule has 3 nitrogen and oxygen atoms in total. The predicted octanol–water partition coefficient (Wildman–Crippen LogP) is 4.91. The Kier molecular flexibility index (Phi) is 9.80. The van der Waals surface area contributed by atoms with E-state index in [1.807, 2.05) is 0 Å². The third-order valence-corrected chi connectivity index (χ3v) is 3.92. The minimum atomic E-state index is 0.188. The van der Waals surface area contributed by atoms with Crippen LogP contribution in [-0.4, -0.2) is 29.0 Å². The fraction of sp³-hybridized carbons (Fsp3) is 0.833. The highest BCUT2D eigenvalue weighted by Crippen LogP contribution is 2.38. The van der Waals surface area contributed by atoms with Gasteiger partial charge in [0.15, 0.2) is 0 Å². The molecule has 0 aromatic heterocycles. The monoisotopic (exact) mass is 297 g/mol. The lowest BCUT2D eigenvalue weighted by molar-refractivity contribution is -0.281. The smallest absolute Gasteiger partial charge is 0.142 e. The number of carbonyl (C=O) groups is 1. The molecule has 0 bridgehead atoms. The summed E-state index contributed by atoms with van der Waals surface area (Å²) in [4.78, 5) is 15.4. The molecule has 0 spiro atoms. The van der Waals surface area contributed by atoms with Gasteiger partial charge in [-0.15, -0.1) is 0 Å². The molecule has 0 aromatic carbocycles. The number of rotatable bonds is 6. The quantitative estimate of drug-likeness (QED) is 0.396. The summed E-state index contributed by atoms with van der Waals surface area (Å²) < 4.78 is 0. The zero-order valence-electron chi connectivity index (χ0n) is 14.9. The number of unbranched alkanes of at least 4 members (excludes halogenated alkanes) is 2. The van der Waals surface area contributed by atoms with E-state index in [0.29, 0.717) is 0 Å². The topological polar surface area (TPSA) is 29.5 Å². The number of hydrogen-bond donors (Lipinski definition) is 0. The number of allylic oxidation sites excluding steroid dienone is 2. The van der Waals surface area contributed by atoms with Crippen LogP contribution in [0, 0.1) is 0 Å². The van der Waals surface area contributed by atoms with E-state index in [-0.39, 0.29) is 11.1 Å². The van der Waals surface area contributed by atoms with Crippen molar-refractivity contribution >= 4 is 6.29 Å². The van der Waals surface area contributed by atoms with Gasteiger partial charge in [0, 0.05) is 11.1 Å². The molecule has 1 heterocycles. The van der Waals surface area contributed by atoms with Crippen LogP contribution in [0.2, 0.25) is 0 Å². The number of hydroxylamine groups is 2. The molecule has 0 unspecified atom stereocenters. The molecule has 1 saturated heterocycles. The van der Waals surface area contributed by atoms with E-state index in [1.54, 1.807) is 13.0 Å². The zero-order chi connectivity index (χ0) is 16.4. The average molecular weight is 297 g/mol. The molecule has 21 heavy (non-hydrogen) atoms. The Bertz CT molecular complexity index is 292.